The highest BCUT2D eigenvalue weighted by Gasteiger charge is 2.10. The summed E-state index contributed by atoms with van der Waals surface area (Å²) in [5.74, 6) is 0.0228. The van der Waals surface area contributed by atoms with Crippen LogP contribution >= 0.6 is 11.8 Å². The molecular weight excluding hydrogens is 182 g/mol. The molecule has 1 atom stereocenters. The molecule has 1 unspecified atom stereocenters. The number of amides is 1. The minimum absolute atomic E-state index is 0.0228. The van der Waals surface area contributed by atoms with Gasteiger partial charge in [0, 0.05) is 12.1 Å². The Bertz CT molecular complexity index is 223. The van der Waals surface area contributed by atoms with Crippen molar-refractivity contribution < 1.29 is 4.79 Å². The third-order valence-corrected chi connectivity index (χ3v) is 2.38. The Balaban J connectivity index is 2.27. The van der Waals surface area contributed by atoms with Crippen LogP contribution in [-0.4, -0.2) is 18.2 Å². The van der Waals surface area contributed by atoms with Gasteiger partial charge in [0.15, 0.2) is 0 Å². The number of rotatable bonds is 3. The van der Waals surface area contributed by atoms with E-state index in [2.05, 4.69) is 17.5 Å². The SMILES string of the molecule is CS/C=C/C(=O)NC1CC=CCC1. The zero-order valence-electron chi connectivity index (χ0n) is 7.82. The molecule has 0 aromatic carbocycles. The van der Waals surface area contributed by atoms with Gasteiger partial charge in [0.05, 0.1) is 0 Å². The molecule has 1 aliphatic rings. The number of nitrogens with one attached hydrogen (secondary N) is 1. The lowest BCUT2D eigenvalue weighted by atomic mass is 10.0. The summed E-state index contributed by atoms with van der Waals surface area (Å²) in [6, 6.07) is 0.337. The van der Waals surface area contributed by atoms with Crippen molar-refractivity contribution in [1.29, 1.82) is 0 Å². The van der Waals surface area contributed by atoms with E-state index < -0.39 is 0 Å². The highest BCUT2D eigenvalue weighted by Crippen LogP contribution is 2.10. The van der Waals surface area contributed by atoms with Gasteiger partial charge in [0.1, 0.15) is 0 Å². The highest BCUT2D eigenvalue weighted by atomic mass is 32.2. The van der Waals surface area contributed by atoms with Gasteiger partial charge < -0.3 is 5.32 Å². The summed E-state index contributed by atoms with van der Waals surface area (Å²) in [5, 5.41) is 4.76. The first-order valence-electron chi connectivity index (χ1n) is 4.48. The second-order valence-electron chi connectivity index (χ2n) is 3.03. The van der Waals surface area contributed by atoms with E-state index in [1.54, 1.807) is 11.5 Å². The molecule has 0 saturated carbocycles. The Labute approximate surface area is 83.5 Å². The van der Waals surface area contributed by atoms with Crippen molar-refractivity contribution in [3.8, 4) is 0 Å². The van der Waals surface area contributed by atoms with E-state index in [-0.39, 0.29) is 5.91 Å². The summed E-state index contributed by atoms with van der Waals surface area (Å²) in [5.41, 5.74) is 0. The molecule has 72 valence electrons. The molecular formula is C10H15NOS. The molecule has 0 heterocycles. The van der Waals surface area contributed by atoms with Crippen LogP contribution in [0.2, 0.25) is 0 Å². The number of hydrogen-bond donors (Lipinski definition) is 1. The van der Waals surface area contributed by atoms with Gasteiger partial charge in [-0.05, 0) is 30.9 Å². The lowest BCUT2D eigenvalue weighted by Crippen LogP contribution is -2.33. The number of carbonyl (C=O) groups excluding carboxylic acids is 1. The molecule has 1 amide bonds. The Morgan fingerprint density at radius 2 is 2.46 bits per heavy atom. The van der Waals surface area contributed by atoms with Gasteiger partial charge in [-0.2, -0.15) is 0 Å². The highest BCUT2D eigenvalue weighted by molar-refractivity contribution is 8.01. The smallest absolute Gasteiger partial charge is 0.244 e. The van der Waals surface area contributed by atoms with E-state index in [0.29, 0.717) is 6.04 Å². The van der Waals surface area contributed by atoms with Crippen molar-refractivity contribution in [3.05, 3.63) is 23.6 Å². The minimum atomic E-state index is 0.0228. The van der Waals surface area contributed by atoms with Gasteiger partial charge in [-0.15, -0.1) is 11.8 Å². The quantitative estimate of drug-likeness (QED) is 0.554. The molecule has 0 radical (unpaired) electrons. The van der Waals surface area contributed by atoms with Crippen molar-refractivity contribution >= 4 is 17.7 Å². The van der Waals surface area contributed by atoms with Crippen LogP contribution in [-0.2, 0) is 4.79 Å². The van der Waals surface area contributed by atoms with Crippen LogP contribution in [0.1, 0.15) is 19.3 Å². The molecule has 1 rings (SSSR count). The third-order valence-electron chi connectivity index (χ3n) is 1.97. The number of thioether (sulfide) groups is 1. The largest absolute Gasteiger partial charge is 0.349 e. The molecule has 1 N–H and O–H groups in total. The second-order valence-corrected chi connectivity index (χ2v) is 3.77. The summed E-state index contributed by atoms with van der Waals surface area (Å²) in [6.45, 7) is 0. The molecule has 0 aromatic heterocycles. The monoisotopic (exact) mass is 197 g/mol. The van der Waals surface area contributed by atoms with Gasteiger partial charge in [0.2, 0.25) is 5.91 Å². The van der Waals surface area contributed by atoms with E-state index >= 15 is 0 Å². The topological polar surface area (TPSA) is 29.1 Å². The molecule has 0 bridgehead atoms. The van der Waals surface area contributed by atoms with Crippen molar-refractivity contribution in [2.75, 3.05) is 6.26 Å². The normalized spacial score (nSPS) is 22.1. The summed E-state index contributed by atoms with van der Waals surface area (Å²) in [7, 11) is 0. The zero-order chi connectivity index (χ0) is 9.52. The molecule has 0 spiro atoms. The Morgan fingerprint density at radius 3 is 3.08 bits per heavy atom. The summed E-state index contributed by atoms with van der Waals surface area (Å²) in [6.07, 6.45) is 10.9. The van der Waals surface area contributed by atoms with Gasteiger partial charge >= 0.3 is 0 Å². The number of hydrogen-bond acceptors (Lipinski definition) is 2. The molecule has 0 saturated heterocycles. The first-order valence-corrected chi connectivity index (χ1v) is 5.76. The van der Waals surface area contributed by atoms with E-state index in [1.165, 1.54) is 11.8 Å². The molecule has 3 heteroatoms. The van der Waals surface area contributed by atoms with Crippen LogP contribution in [0.25, 0.3) is 0 Å². The summed E-state index contributed by atoms with van der Waals surface area (Å²) < 4.78 is 0. The zero-order valence-corrected chi connectivity index (χ0v) is 8.64. The fourth-order valence-electron chi connectivity index (χ4n) is 1.30. The Hall–Kier alpha value is -0.700. The first-order chi connectivity index (χ1) is 6.33. The van der Waals surface area contributed by atoms with Crippen molar-refractivity contribution in [3.63, 3.8) is 0 Å². The van der Waals surface area contributed by atoms with E-state index in [1.807, 2.05) is 6.26 Å². The Morgan fingerprint density at radius 1 is 1.62 bits per heavy atom. The minimum Gasteiger partial charge on any atom is -0.349 e. The average molecular weight is 197 g/mol. The fourth-order valence-corrected chi connectivity index (χ4v) is 1.56. The summed E-state index contributed by atoms with van der Waals surface area (Å²) >= 11 is 1.54. The van der Waals surface area contributed by atoms with Crippen molar-refractivity contribution in [2.24, 2.45) is 0 Å². The fraction of sp³-hybridized carbons (Fsp3) is 0.500. The predicted octanol–water partition coefficient (Wildman–Crippen LogP) is 2.09. The first kappa shape index (κ1) is 10.4. The standard InChI is InChI=1S/C10H15NOS/c1-13-8-7-10(12)11-9-5-3-2-4-6-9/h2-3,7-9H,4-6H2,1H3,(H,11,12)/b8-7+. The second kappa shape index (κ2) is 5.86. The van der Waals surface area contributed by atoms with E-state index in [4.69, 9.17) is 0 Å². The van der Waals surface area contributed by atoms with Gasteiger partial charge in [0.25, 0.3) is 0 Å². The molecule has 0 aromatic rings. The average Bonchev–Trinajstić information content (AvgIpc) is 2.16. The van der Waals surface area contributed by atoms with Crippen LogP contribution < -0.4 is 5.32 Å². The van der Waals surface area contributed by atoms with Gasteiger partial charge in [-0.1, -0.05) is 12.2 Å². The molecule has 0 fully saturated rings. The molecule has 2 nitrogen and oxygen atoms in total. The van der Waals surface area contributed by atoms with Crippen LogP contribution in [0.5, 0.6) is 0 Å². The van der Waals surface area contributed by atoms with Crippen LogP contribution in [0.15, 0.2) is 23.6 Å². The lowest BCUT2D eigenvalue weighted by molar-refractivity contribution is -0.117. The van der Waals surface area contributed by atoms with Gasteiger partial charge in [-0.25, -0.2) is 0 Å². The van der Waals surface area contributed by atoms with Gasteiger partial charge in [-0.3, -0.25) is 4.79 Å². The third kappa shape index (κ3) is 4.18. The van der Waals surface area contributed by atoms with Crippen LogP contribution in [0.3, 0.4) is 0 Å². The lowest BCUT2D eigenvalue weighted by Gasteiger charge is -2.18. The van der Waals surface area contributed by atoms with Crippen LogP contribution in [0.4, 0.5) is 0 Å². The molecule has 13 heavy (non-hydrogen) atoms. The van der Waals surface area contributed by atoms with Crippen molar-refractivity contribution in [1.82, 2.24) is 5.32 Å². The number of allylic oxidation sites excluding steroid dienone is 1. The van der Waals surface area contributed by atoms with E-state index in [0.717, 1.165) is 19.3 Å². The maximum Gasteiger partial charge on any atom is 0.244 e. The summed E-state index contributed by atoms with van der Waals surface area (Å²) in [4.78, 5) is 11.2. The maximum absolute atomic E-state index is 11.2. The maximum atomic E-state index is 11.2. The van der Waals surface area contributed by atoms with Crippen LogP contribution in [0, 0.1) is 0 Å². The molecule has 1 aliphatic carbocycles. The predicted molar refractivity (Wildman–Crippen MR) is 57.6 cm³/mol. The molecule has 0 aliphatic heterocycles. The van der Waals surface area contributed by atoms with E-state index in [9.17, 15) is 4.79 Å². The Kier molecular flexibility index (Phi) is 4.68. The van der Waals surface area contributed by atoms with Crippen molar-refractivity contribution in [2.45, 2.75) is 25.3 Å². The number of carbonyl (C=O) groups is 1.